The van der Waals surface area contributed by atoms with Crippen LogP contribution in [0, 0.1) is 0 Å². The van der Waals surface area contributed by atoms with E-state index in [1.807, 2.05) is 18.2 Å². The van der Waals surface area contributed by atoms with Crippen LogP contribution < -0.4 is 14.9 Å². The maximum absolute atomic E-state index is 12.3. The first-order valence-electron chi connectivity index (χ1n) is 8.74. The molecule has 0 aromatic heterocycles. The van der Waals surface area contributed by atoms with Crippen molar-refractivity contribution in [2.75, 3.05) is 34.4 Å². The fourth-order valence-electron chi connectivity index (χ4n) is 3.10. The average molecular weight is 389 g/mol. The standard InChI is InChI=1S/C19H23N3O4S/c1-27(24,25)22(18-11-13-26-14-12-18)17-9-7-16(8-10-17)21-19(23)20-15-5-3-2-4-6-15/h2-10,18H,11-14H2,1H3,(H2,20,21,23). The molecule has 2 N–H and O–H groups in total. The maximum atomic E-state index is 12.3. The Hall–Kier alpha value is -2.58. The zero-order chi connectivity index (χ0) is 19.3. The molecule has 7 nitrogen and oxygen atoms in total. The van der Waals surface area contributed by atoms with E-state index in [0.29, 0.717) is 43.1 Å². The van der Waals surface area contributed by atoms with Crippen molar-refractivity contribution in [2.24, 2.45) is 0 Å². The second-order valence-electron chi connectivity index (χ2n) is 6.39. The predicted molar refractivity (Wildman–Crippen MR) is 107 cm³/mol. The Kier molecular flexibility index (Phi) is 5.98. The highest BCUT2D eigenvalue weighted by atomic mass is 32.2. The van der Waals surface area contributed by atoms with Gasteiger partial charge in [-0.25, -0.2) is 13.2 Å². The van der Waals surface area contributed by atoms with E-state index in [2.05, 4.69) is 10.6 Å². The summed E-state index contributed by atoms with van der Waals surface area (Å²) in [6.45, 7) is 1.10. The summed E-state index contributed by atoms with van der Waals surface area (Å²) in [7, 11) is -3.42. The summed E-state index contributed by atoms with van der Waals surface area (Å²) in [6, 6.07) is 15.4. The van der Waals surface area contributed by atoms with Gasteiger partial charge < -0.3 is 15.4 Å². The van der Waals surface area contributed by atoms with E-state index in [1.165, 1.54) is 10.6 Å². The molecule has 0 unspecified atom stereocenters. The smallest absolute Gasteiger partial charge is 0.323 e. The van der Waals surface area contributed by atoms with Gasteiger partial charge in [-0.15, -0.1) is 0 Å². The first kappa shape index (κ1) is 19.2. The van der Waals surface area contributed by atoms with E-state index >= 15 is 0 Å². The van der Waals surface area contributed by atoms with E-state index in [1.54, 1.807) is 36.4 Å². The van der Waals surface area contributed by atoms with Gasteiger partial charge in [0.1, 0.15) is 0 Å². The fourth-order valence-corrected chi connectivity index (χ4v) is 4.36. The van der Waals surface area contributed by atoms with Gasteiger partial charge in [-0.2, -0.15) is 0 Å². The topological polar surface area (TPSA) is 87.7 Å². The van der Waals surface area contributed by atoms with Crippen LogP contribution >= 0.6 is 0 Å². The summed E-state index contributed by atoms with van der Waals surface area (Å²) in [5.41, 5.74) is 1.85. The van der Waals surface area contributed by atoms with Gasteiger partial charge in [-0.05, 0) is 49.2 Å². The van der Waals surface area contributed by atoms with Crippen molar-refractivity contribution in [1.29, 1.82) is 0 Å². The van der Waals surface area contributed by atoms with Gasteiger partial charge in [0, 0.05) is 30.6 Å². The van der Waals surface area contributed by atoms with E-state index in [0.717, 1.165) is 0 Å². The van der Waals surface area contributed by atoms with Crippen LogP contribution in [0.1, 0.15) is 12.8 Å². The van der Waals surface area contributed by atoms with E-state index < -0.39 is 10.0 Å². The zero-order valence-corrected chi connectivity index (χ0v) is 15.9. The lowest BCUT2D eigenvalue weighted by atomic mass is 10.1. The highest BCUT2D eigenvalue weighted by molar-refractivity contribution is 7.92. The number of carbonyl (C=O) groups excluding carboxylic acids is 1. The molecule has 1 aliphatic heterocycles. The third-order valence-corrected chi connectivity index (χ3v) is 5.51. The molecule has 1 heterocycles. The molecule has 2 aromatic rings. The molecule has 0 radical (unpaired) electrons. The Labute approximate surface area is 159 Å². The second-order valence-corrected chi connectivity index (χ2v) is 8.25. The third kappa shape index (κ3) is 5.21. The number of amides is 2. The molecule has 1 aliphatic rings. The Morgan fingerprint density at radius 2 is 1.52 bits per heavy atom. The number of para-hydroxylation sites is 1. The van der Waals surface area contributed by atoms with Crippen molar-refractivity contribution in [3.63, 3.8) is 0 Å². The van der Waals surface area contributed by atoms with Crippen molar-refractivity contribution >= 4 is 33.1 Å². The molecule has 1 saturated heterocycles. The van der Waals surface area contributed by atoms with Crippen LogP contribution in [0.15, 0.2) is 54.6 Å². The molecule has 2 aromatic carbocycles. The Morgan fingerprint density at radius 1 is 0.963 bits per heavy atom. The number of benzene rings is 2. The molecule has 0 atom stereocenters. The minimum absolute atomic E-state index is 0.117. The molecule has 2 amide bonds. The first-order valence-corrected chi connectivity index (χ1v) is 10.6. The molecule has 0 aliphatic carbocycles. The monoisotopic (exact) mass is 389 g/mol. The predicted octanol–water partition coefficient (Wildman–Crippen LogP) is 3.28. The summed E-state index contributed by atoms with van der Waals surface area (Å²) in [5, 5.41) is 5.47. The van der Waals surface area contributed by atoms with Crippen molar-refractivity contribution in [2.45, 2.75) is 18.9 Å². The number of rotatable bonds is 5. The molecule has 27 heavy (non-hydrogen) atoms. The number of sulfonamides is 1. The molecular formula is C19H23N3O4S. The van der Waals surface area contributed by atoms with Crippen LogP contribution in [0.25, 0.3) is 0 Å². The van der Waals surface area contributed by atoms with E-state index in [-0.39, 0.29) is 12.1 Å². The number of carbonyl (C=O) groups is 1. The first-order chi connectivity index (χ1) is 12.9. The molecule has 3 rings (SSSR count). The quantitative estimate of drug-likeness (QED) is 0.821. The number of hydrogen-bond donors (Lipinski definition) is 2. The van der Waals surface area contributed by atoms with Crippen molar-refractivity contribution in [3.05, 3.63) is 54.6 Å². The highest BCUT2D eigenvalue weighted by Crippen LogP contribution is 2.27. The number of nitrogens with one attached hydrogen (secondary N) is 2. The van der Waals surface area contributed by atoms with Crippen LogP contribution in [-0.4, -0.2) is 40.0 Å². The number of nitrogens with zero attached hydrogens (tertiary/aromatic N) is 1. The second kappa shape index (κ2) is 8.41. The molecule has 0 saturated carbocycles. The minimum Gasteiger partial charge on any atom is -0.381 e. The summed E-state index contributed by atoms with van der Waals surface area (Å²) in [4.78, 5) is 12.1. The normalized spacial score (nSPS) is 15.1. The Bertz CT molecular complexity index is 864. The zero-order valence-electron chi connectivity index (χ0n) is 15.1. The number of hydrogen-bond acceptors (Lipinski definition) is 4. The Morgan fingerprint density at radius 3 is 2.07 bits per heavy atom. The van der Waals surface area contributed by atoms with E-state index in [9.17, 15) is 13.2 Å². The molecule has 0 bridgehead atoms. The highest BCUT2D eigenvalue weighted by Gasteiger charge is 2.28. The molecule has 144 valence electrons. The van der Waals surface area contributed by atoms with Gasteiger partial charge in [0.05, 0.1) is 11.9 Å². The third-order valence-electron chi connectivity index (χ3n) is 4.29. The maximum Gasteiger partial charge on any atom is 0.323 e. The molecule has 8 heteroatoms. The number of ether oxygens (including phenoxy) is 1. The van der Waals surface area contributed by atoms with Gasteiger partial charge in [0.2, 0.25) is 10.0 Å². The lowest BCUT2D eigenvalue weighted by Gasteiger charge is -2.34. The van der Waals surface area contributed by atoms with Crippen LogP contribution in [0.5, 0.6) is 0 Å². The lowest BCUT2D eigenvalue weighted by molar-refractivity contribution is 0.0876. The van der Waals surface area contributed by atoms with Crippen molar-refractivity contribution < 1.29 is 17.9 Å². The summed E-state index contributed by atoms with van der Waals surface area (Å²) in [6.07, 6.45) is 2.53. The van der Waals surface area contributed by atoms with Gasteiger partial charge in [0.15, 0.2) is 0 Å². The molecule has 0 spiro atoms. The lowest BCUT2D eigenvalue weighted by Crippen LogP contribution is -2.43. The van der Waals surface area contributed by atoms with Crippen LogP contribution in [0.2, 0.25) is 0 Å². The SMILES string of the molecule is CS(=O)(=O)N(c1ccc(NC(=O)Nc2ccccc2)cc1)C1CCOCC1. The number of urea groups is 1. The van der Waals surface area contributed by atoms with Crippen LogP contribution in [0.3, 0.4) is 0 Å². The van der Waals surface area contributed by atoms with Crippen LogP contribution in [0.4, 0.5) is 21.9 Å². The molecule has 1 fully saturated rings. The van der Waals surface area contributed by atoms with Gasteiger partial charge in [-0.3, -0.25) is 4.31 Å². The van der Waals surface area contributed by atoms with Crippen molar-refractivity contribution in [3.8, 4) is 0 Å². The van der Waals surface area contributed by atoms with Crippen LogP contribution in [-0.2, 0) is 14.8 Å². The van der Waals surface area contributed by atoms with E-state index in [4.69, 9.17) is 4.74 Å². The van der Waals surface area contributed by atoms with Gasteiger partial charge in [-0.1, -0.05) is 18.2 Å². The fraction of sp³-hybridized carbons (Fsp3) is 0.316. The Balaban J connectivity index is 1.70. The molecular weight excluding hydrogens is 366 g/mol. The minimum atomic E-state index is -3.42. The average Bonchev–Trinajstić information content (AvgIpc) is 2.64. The largest absolute Gasteiger partial charge is 0.381 e. The van der Waals surface area contributed by atoms with Crippen molar-refractivity contribution in [1.82, 2.24) is 0 Å². The summed E-state index contributed by atoms with van der Waals surface area (Å²) in [5.74, 6) is 0. The summed E-state index contributed by atoms with van der Waals surface area (Å²) >= 11 is 0. The summed E-state index contributed by atoms with van der Waals surface area (Å²) < 4.78 is 31.4. The van der Waals surface area contributed by atoms with Gasteiger partial charge >= 0.3 is 6.03 Å². The number of anilines is 3. The van der Waals surface area contributed by atoms with Gasteiger partial charge in [0.25, 0.3) is 0 Å².